The van der Waals surface area contributed by atoms with Crippen molar-refractivity contribution in [1.82, 2.24) is 0 Å². The van der Waals surface area contributed by atoms with Gasteiger partial charge in [0.15, 0.2) is 0 Å². The van der Waals surface area contributed by atoms with Crippen LogP contribution >= 0.6 is 0 Å². The predicted octanol–water partition coefficient (Wildman–Crippen LogP) is 16.3. The SMILES string of the molecule is c1ccc(-c2c3ccccc3c(-c3ccc(-c4ccc(-c5cccc6ccccc56)cc4)c(-c4ccc(-c5cccc6ccccc56)cc4)c3)c3ccccc23)cc1. The summed E-state index contributed by atoms with van der Waals surface area (Å²) in [6.07, 6.45) is 0. The van der Waals surface area contributed by atoms with E-state index in [-0.39, 0.29) is 0 Å². The van der Waals surface area contributed by atoms with Gasteiger partial charge in [-0.15, -0.1) is 0 Å². The maximum atomic E-state index is 2.43. The molecule has 0 N–H and O–H groups in total. The van der Waals surface area contributed by atoms with Crippen molar-refractivity contribution in [3.05, 3.63) is 231 Å². The first kappa shape index (κ1) is 33.8. The lowest BCUT2D eigenvalue weighted by Gasteiger charge is -2.19. The fraction of sp³-hybridized carbons (Fsp3) is 0. The molecule has 0 saturated carbocycles. The minimum absolute atomic E-state index is 1.19. The highest BCUT2D eigenvalue weighted by molar-refractivity contribution is 6.21. The zero-order valence-corrected chi connectivity index (χ0v) is 31.9. The average molecular weight is 735 g/mol. The molecule has 11 aromatic carbocycles. The van der Waals surface area contributed by atoms with Gasteiger partial charge in [-0.05, 0) is 116 Å². The van der Waals surface area contributed by atoms with Crippen LogP contribution in [0.5, 0.6) is 0 Å². The van der Waals surface area contributed by atoms with Crippen LogP contribution in [-0.4, -0.2) is 0 Å². The summed E-state index contributed by atoms with van der Waals surface area (Å²) < 4.78 is 0. The topological polar surface area (TPSA) is 0 Å². The first-order chi connectivity index (χ1) is 28.8. The highest BCUT2D eigenvalue weighted by atomic mass is 14.2. The molecule has 0 unspecified atom stereocenters. The van der Waals surface area contributed by atoms with Crippen molar-refractivity contribution in [2.45, 2.75) is 0 Å². The third kappa shape index (κ3) is 5.78. The summed E-state index contributed by atoms with van der Waals surface area (Å²) in [5.74, 6) is 0. The van der Waals surface area contributed by atoms with E-state index < -0.39 is 0 Å². The third-order valence-corrected chi connectivity index (χ3v) is 11.9. The molecule has 58 heavy (non-hydrogen) atoms. The van der Waals surface area contributed by atoms with Crippen molar-refractivity contribution in [1.29, 1.82) is 0 Å². The molecule has 0 heteroatoms. The molecule has 0 nitrogen and oxygen atoms in total. The van der Waals surface area contributed by atoms with Crippen molar-refractivity contribution in [2.24, 2.45) is 0 Å². The number of benzene rings is 11. The van der Waals surface area contributed by atoms with Gasteiger partial charge in [-0.3, -0.25) is 0 Å². The van der Waals surface area contributed by atoms with Crippen molar-refractivity contribution >= 4 is 43.1 Å². The molecule has 0 fully saturated rings. The Morgan fingerprint density at radius 2 is 0.517 bits per heavy atom. The minimum Gasteiger partial charge on any atom is -0.0622 e. The fourth-order valence-corrected chi connectivity index (χ4v) is 9.16. The molecule has 0 amide bonds. The summed E-state index contributed by atoms with van der Waals surface area (Å²) in [4.78, 5) is 0. The van der Waals surface area contributed by atoms with Gasteiger partial charge in [0.25, 0.3) is 0 Å². The summed E-state index contributed by atoms with van der Waals surface area (Å²) in [7, 11) is 0. The summed E-state index contributed by atoms with van der Waals surface area (Å²) in [6.45, 7) is 0. The Balaban J connectivity index is 1.10. The van der Waals surface area contributed by atoms with Crippen LogP contribution < -0.4 is 0 Å². The van der Waals surface area contributed by atoms with Crippen LogP contribution in [0.2, 0.25) is 0 Å². The summed E-state index contributed by atoms with van der Waals surface area (Å²) >= 11 is 0. The largest absolute Gasteiger partial charge is 0.0622 e. The molecule has 0 aliphatic heterocycles. The van der Waals surface area contributed by atoms with Gasteiger partial charge in [-0.25, -0.2) is 0 Å². The molecule has 0 spiro atoms. The predicted molar refractivity (Wildman–Crippen MR) is 249 cm³/mol. The molecule has 0 bridgehead atoms. The molecule has 0 aliphatic carbocycles. The molecular weight excluding hydrogens is 697 g/mol. The molecule has 0 aliphatic rings. The van der Waals surface area contributed by atoms with Crippen molar-refractivity contribution in [3.8, 4) is 66.8 Å². The first-order valence-electron chi connectivity index (χ1n) is 20.1. The Morgan fingerprint density at radius 1 is 0.172 bits per heavy atom. The second kappa shape index (κ2) is 14.2. The van der Waals surface area contributed by atoms with E-state index in [1.54, 1.807) is 0 Å². The Labute approximate surface area is 339 Å². The lowest BCUT2D eigenvalue weighted by molar-refractivity contribution is 1.57. The minimum atomic E-state index is 1.19. The van der Waals surface area contributed by atoms with Gasteiger partial charge in [0.05, 0.1) is 0 Å². The highest BCUT2D eigenvalue weighted by Gasteiger charge is 2.19. The molecule has 11 rings (SSSR count). The molecule has 0 heterocycles. The number of hydrogen-bond acceptors (Lipinski definition) is 0. The Kier molecular flexibility index (Phi) is 8.26. The smallest absolute Gasteiger partial charge is 0.00261 e. The maximum Gasteiger partial charge on any atom is -0.00261 e. The van der Waals surface area contributed by atoms with Crippen molar-refractivity contribution in [2.75, 3.05) is 0 Å². The summed E-state index contributed by atoms with van der Waals surface area (Å²) in [5.41, 5.74) is 14.7. The third-order valence-electron chi connectivity index (χ3n) is 11.9. The zero-order valence-electron chi connectivity index (χ0n) is 31.9. The Bertz CT molecular complexity index is 3230. The van der Waals surface area contributed by atoms with Crippen LogP contribution in [0.4, 0.5) is 0 Å². The fourth-order valence-electron chi connectivity index (χ4n) is 9.16. The van der Waals surface area contributed by atoms with Crippen LogP contribution in [0.15, 0.2) is 231 Å². The van der Waals surface area contributed by atoms with Gasteiger partial charge in [0, 0.05) is 0 Å². The lowest BCUT2D eigenvalue weighted by atomic mass is 9.84. The standard InChI is InChI=1S/C58H38/c1-2-16-45(17-3-1)57-52-22-8-10-24-54(52)58(55-25-11-9-23-53(55)57)46-36-37-51(43-30-28-41(29-31-43)49-26-12-18-39-14-4-6-20-47(39)49)56(38-46)44-34-32-42(33-35-44)50-27-13-19-40-15-5-7-21-48(40)50/h1-38H. The monoisotopic (exact) mass is 734 g/mol. The lowest BCUT2D eigenvalue weighted by Crippen LogP contribution is -1.92. The van der Waals surface area contributed by atoms with E-state index in [0.29, 0.717) is 0 Å². The number of fused-ring (bicyclic) bond motifs is 4. The van der Waals surface area contributed by atoms with Crippen LogP contribution in [0.1, 0.15) is 0 Å². The second-order valence-corrected chi connectivity index (χ2v) is 15.2. The van der Waals surface area contributed by atoms with Crippen molar-refractivity contribution in [3.63, 3.8) is 0 Å². The van der Waals surface area contributed by atoms with Crippen LogP contribution in [0.3, 0.4) is 0 Å². The van der Waals surface area contributed by atoms with Gasteiger partial charge in [0.1, 0.15) is 0 Å². The number of hydrogen-bond donors (Lipinski definition) is 0. The van der Waals surface area contributed by atoms with E-state index in [9.17, 15) is 0 Å². The first-order valence-corrected chi connectivity index (χ1v) is 20.1. The van der Waals surface area contributed by atoms with E-state index in [0.717, 1.165) is 0 Å². The second-order valence-electron chi connectivity index (χ2n) is 15.2. The van der Waals surface area contributed by atoms with E-state index >= 15 is 0 Å². The summed E-state index contributed by atoms with van der Waals surface area (Å²) in [5, 5.41) is 10.1. The number of rotatable bonds is 6. The molecular formula is C58H38. The molecule has 270 valence electrons. The van der Waals surface area contributed by atoms with Crippen LogP contribution in [-0.2, 0) is 0 Å². The highest BCUT2D eigenvalue weighted by Crippen LogP contribution is 2.46. The Hall–Kier alpha value is -7.54. The maximum absolute atomic E-state index is 2.43. The quantitative estimate of drug-likeness (QED) is 0.149. The zero-order chi connectivity index (χ0) is 38.4. The van der Waals surface area contributed by atoms with E-state index in [1.807, 2.05) is 0 Å². The van der Waals surface area contributed by atoms with Crippen LogP contribution in [0, 0.1) is 0 Å². The molecule has 11 aromatic rings. The van der Waals surface area contributed by atoms with Gasteiger partial charge in [-0.2, -0.15) is 0 Å². The molecule has 0 saturated heterocycles. The molecule has 0 radical (unpaired) electrons. The molecule has 0 aromatic heterocycles. The van der Waals surface area contributed by atoms with Gasteiger partial charge < -0.3 is 0 Å². The van der Waals surface area contributed by atoms with Crippen molar-refractivity contribution < 1.29 is 0 Å². The van der Waals surface area contributed by atoms with E-state index in [2.05, 4.69) is 231 Å². The van der Waals surface area contributed by atoms with Gasteiger partial charge >= 0.3 is 0 Å². The van der Waals surface area contributed by atoms with Gasteiger partial charge in [0.2, 0.25) is 0 Å². The average Bonchev–Trinajstić information content (AvgIpc) is 3.30. The normalized spacial score (nSPS) is 11.4. The van der Waals surface area contributed by atoms with E-state index in [1.165, 1.54) is 110 Å². The van der Waals surface area contributed by atoms with E-state index in [4.69, 9.17) is 0 Å². The van der Waals surface area contributed by atoms with Crippen LogP contribution in [0.25, 0.3) is 110 Å². The molecule has 0 atom stereocenters. The Morgan fingerprint density at radius 3 is 1.00 bits per heavy atom. The summed E-state index contributed by atoms with van der Waals surface area (Å²) in [6, 6.07) is 84.5. The van der Waals surface area contributed by atoms with Gasteiger partial charge in [-0.1, -0.05) is 224 Å².